The topological polar surface area (TPSA) is 61.8 Å². The summed E-state index contributed by atoms with van der Waals surface area (Å²) >= 11 is 1.62. The lowest BCUT2D eigenvalue weighted by atomic mass is 10.1. The molecule has 1 aromatic carbocycles. The van der Waals surface area contributed by atoms with E-state index in [4.69, 9.17) is 11.0 Å². The number of nitrogens with two attached hydrogens (primary N) is 1. The number of nitrogens with zero attached hydrogens (tertiary/aromatic N) is 1. The molecule has 3 N–H and O–H groups in total. The van der Waals surface area contributed by atoms with Crippen LogP contribution in [0, 0.1) is 18.3 Å². The van der Waals surface area contributed by atoms with E-state index in [0.29, 0.717) is 12.1 Å². The SMILES string of the molecule is Cc1cccc(NCc2sccc2N)c1C#N. The summed E-state index contributed by atoms with van der Waals surface area (Å²) in [5, 5.41) is 14.3. The first kappa shape index (κ1) is 11.5. The second-order valence-electron chi connectivity index (χ2n) is 3.76. The molecule has 0 fully saturated rings. The molecule has 2 aromatic rings. The van der Waals surface area contributed by atoms with Gasteiger partial charge in [0.25, 0.3) is 0 Å². The van der Waals surface area contributed by atoms with Crippen molar-refractivity contribution in [3.63, 3.8) is 0 Å². The average Bonchev–Trinajstić information content (AvgIpc) is 2.72. The number of thiophene rings is 1. The molecule has 0 unspecified atom stereocenters. The molecule has 0 amide bonds. The number of nitrogens with one attached hydrogen (secondary N) is 1. The summed E-state index contributed by atoms with van der Waals surface area (Å²) in [5.74, 6) is 0. The average molecular weight is 243 g/mol. The quantitative estimate of drug-likeness (QED) is 0.870. The van der Waals surface area contributed by atoms with Gasteiger partial charge in [-0.05, 0) is 30.0 Å². The second kappa shape index (κ2) is 4.89. The zero-order valence-corrected chi connectivity index (χ0v) is 10.3. The number of hydrogen-bond acceptors (Lipinski definition) is 4. The molecular weight excluding hydrogens is 230 g/mol. The number of nitrogen functional groups attached to an aromatic ring is 1. The Labute approximate surface area is 105 Å². The van der Waals surface area contributed by atoms with Crippen molar-refractivity contribution in [2.24, 2.45) is 0 Å². The van der Waals surface area contributed by atoms with E-state index in [1.165, 1.54) is 0 Å². The van der Waals surface area contributed by atoms with Crippen LogP contribution in [0.1, 0.15) is 16.0 Å². The van der Waals surface area contributed by atoms with Gasteiger partial charge in [-0.2, -0.15) is 5.26 Å². The van der Waals surface area contributed by atoms with Gasteiger partial charge in [-0.25, -0.2) is 0 Å². The largest absolute Gasteiger partial charge is 0.398 e. The Morgan fingerprint density at radius 1 is 1.41 bits per heavy atom. The number of rotatable bonds is 3. The summed E-state index contributed by atoms with van der Waals surface area (Å²) < 4.78 is 0. The third-order valence-electron chi connectivity index (χ3n) is 2.60. The molecule has 3 nitrogen and oxygen atoms in total. The molecule has 0 saturated heterocycles. The van der Waals surface area contributed by atoms with Crippen molar-refractivity contribution >= 4 is 22.7 Å². The molecule has 0 aliphatic carbocycles. The zero-order chi connectivity index (χ0) is 12.3. The van der Waals surface area contributed by atoms with Crippen molar-refractivity contribution in [3.8, 4) is 6.07 Å². The maximum atomic E-state index is 9.10. The minimum absolute atomic E-state index is 0.654. The molecule has 0 aliphatic rings. The number of anilines is 2. The fraction of sp³-hybridized carbons (Fsp3) is 0.154. The summed E-state index contributed by atoms with van der Waals surface area (Å²) in [5.41, 5.74) is 9.15. The van der Waals surface area contributed by atoms with Crippen molar-refractivity contribution in [1.29, 1.82) is 5.26 Å². The molecule has 2 rings (SSSR count). The first-order valence-electron chi connectivity index (χ1n) is 5.28. The maximum Gasteiger partial charge on any atom is 0.102 e. The van der Waals surface area contributed by atoms with Crippen molar-refractivity contribution in [1.82, 2.24) is 0 Å². The Bertz CT molecular complexity index is 566. The Morgan fingerprint density at radius 3 is 2.88 bits per heavy atom. The molecule has 0 spiro atoms. The van der Waals surface area contributed by atoms with Gasteiger partial charge < -0.3 is 11.1 Å². The number of hydrogen-bond donors (Lipinski definition) is 2. The van der Waals surface area contributed by atoms with Gasteiger partial charge in [0.15, 0.2) is 0 Å². The van der Waals surface area contributed by atoms with Gasteiger partial charge in [0, 0.05) is 10.6 Å². The standard InChI is InChI=1S/C13H13N3S/c1-9-3-2-4-12(10(9)7-14)16-8-13-11(15)5-6-17-13/h2-6,16H,8,15H2,1H3. The number of benzene rings is 1. The number of nitriles is 1. The van der Waals surface area contributed by atoms with E-state index in [2.05, 4.69) is 11.4 Å². The van der Waals surface area contributed by atoms with Crippen LogP contribution in [0.15, 0.2) is 29.6 Å². The van der Waals surface area contributed by atoms with E-state index >= 15 is 0 Å². The summed E-state index contributed by atoms with van der Waals surface area (Å²) in [6.07, 6.45) is 0. The lowest BCUT2D eigenvalue weighted by molar-refractivity contribution is 1.18. The molecule has 4 heteroatoms. The summed E-state index contributed by atoms with van der Waals surface area (Å²) in [6, 6.07) is 9.90. The highest BCUT2D eigenvalue weighted by Gasteiger charge is 2.05. The van der Waals surface area contributed by atoms with Crippen molar-refractivity contribution < 1.29 is 0 Å². The van der Waals surface area contributed by atoms with Crippen LogP contribution in [0.5, 0.6) is 0 Å². The molecule has 17 heavy (non-hydrogen) atoms. The van der Waals surface area contributed by atoms with E-state index in [9.17, 15) is 0 Å². The predicted octanol–water partition coefficient (Wildman–Crippen LogP) is 3.12. The van der Waals surface area contributed by atoms with Crippen LogP contribution in [0.2, 0.25) is 0 Å². The van der Waals surface area contributed by atoms with Crippen molar-refractivity contribution in [2.75, 3.05) is 11.1 Å². The monoisotopic (exact) mass is 243 g/mol. The van der Waals surface area contributed by atoms with E-state index < -0.39 is 0 Å². The fourth-order valence-corrected chi connectivity index (χ4v) is 2.37. The van der Waals surface area contributed by atoms with Crippen LogP contribution in [0.4, 0.5) is 11.4 Å². The smallest absolute Gasteiger partial charge is 0.102 e. The van der Waals surface area contributed by atoms with Crippen LogP contribution in [-0.4, -0.2) is 0 Å². The zero-order valence-electron chi connectivity index (χ0n) is 9.53. The highest BCUT2D eigenvalue weighted by atomic mass is 32.1. The van der Waals surface area contributed by atoms with Gasteiger partial charge in [0.2, 0.25) is 0 Å². The van der Waals surface area contributed by atoms with E-state index in [-0.39, 0.29) is 0 Å². The van der Waals surface area contributed by atoms with Crippen molar-refractivity contribution in [3.05, 3.63) is 45.6 Å². The molecule has 1 heterocycles. The molecule has 0 radical (unpaired) electrons. The van der Waals surface area contributed by atoms with Gasteiger partial charge in [-0.1, -0.05) is 12.1 Å². The third-order valence-corrected chi connectivity index (χ3v) is 3.54. The molecule has 0 atom stereocenters. The van der Waals surface area contributed by atoms with Gasteiger partial charge in [0.1, 0.15) is 6.07 Å². The molecule has 0 aliphatic heterocycles. The minimum Gasteiger partial charge on any atom is -0.398 e. The van der Waals surface area contributed by atoms with Gasteiger partial charge in [-0.15, -0.1) is 11.3 Å². The number of aryl methyl sites for hydroxylation is 1. The van der Waals surface area contributed by atoms with Gasteiger partial charge >= 0.3 is 0 Å². The van der Waals surface area contributed by atoms with Crippen LogP contribution in [0.25, 0.3) is 0 Å². The molecular formula is C13H13N3S. The van der Waals surface area contributed by atoms with Crippen LogP contribution in [0.3, 0.4) is 0 Å². The maximum absolute atomic E-state index is 9.10. The Balaban J connectivity index is 2.18. The summed E-state index contributed by atoms with van der Waals surface area (Å²) in [6.45, 7) is 2.59. The molecule has 1 aromatic heterocycles. The Kier molecular flexibility index (Phi) is 3.31. The van der Waals surface area contributed by atoms with Crippen LogP contribution in [-0.2, 0) is 6.54 Å². The third kappa shape index (κ3) is 2.40. The van der Waals surface area contributed by atoms with Crippen molar-refractivity contribution in [2.45, 2.75) is 13.5 Å². The van der Waals surface area contributed by atoms with Gasteiger partial charge in [-0.3, -0.25) is 0 Å². The first-order chi connectivity index (χ1) is 8.22. The Hall–Kier alpha value is -1.99. The highest BCUT2D eigenvalue weighted by Crippen LogP contribution is 2.23. The summed E-state index contributed by atoms with van der Waals surface area (Å²) in [7, 11) is 0. The minimum atomic E-state index is 0.654. The highest BCUT2D eigenvalue weighted by molar-refractivity contribution is 7.10. The Morgan fingerprint density at radius 2 is 2.24 bits per heavy atom. The first-order valence-corrected chi connectivity index (χ1v) is 6.15. The van der Waals surface area contributed by atoms with E-state index in [1.54, 1.807) is 11.3 Å². The molecule has 0 bridgehead atoms. The van der Waals surface area contributed by atoms with E-state index in [0.717, 1.165) is 21.8 Å². The predicted molar refractivity (Wildman–Crippen MR) is 72.0 cm³/mol. The van der Waals surface area contributed by atoms with Gasteiger partial charge in [0.05, 0.1) is 17.8 Å². The van der Waals surface area contributed by atoms with E-state index in [1.807, 2.05) is 36.6 Å². The summed E-state index contributed by atoms with van der Waals surface area (Å²) in [4.78, 5) is 1.09. The molecule has 0 saturated carbocycles. The molecule has 86 valence electrons. The lowest BCUT2D eigenvalue weighted by Gasteiger charge is -2.09. The normalized spacial score (nSPS) is 9.88. The van der Waals surface area contributed by atoms with Crippen LogP contribution < -0.4 is 11.1 Å². The van der Waals surface area contributed by atoms with Crippen LogP contribution >= 0.6 is 11.3 Å². The lowest BCUT2D eigenvalue weighted by Crippen LogP contribution is -2.02. The second-order valence-corrected chi connectivity index (χ2v) is 4.76. The fourth-order valence-electron chi connectivity index (χ4n) is 1.63.